The van der Waals surface area contributed by atoms with Crippen LogP contribution in [-0.4, -0.2) is 35.8 Å². The predicted molar refractivity (Wildman–Crippen MR) is 66.8 cm³/mol. The number of rotatable bonds is 3. The van der Waals surface area contributed by atoms with Crippen molar-refractivity contribution < 1.29 is 4.74 Å². The molecular formula is C12H20N4O. The highest BCUT2D eigenvalue weighted by atomic mass is 16.5. The summed E-state index contributed by atoms with van der Waals surface area (Å²) in [5, 5.41) is 0. The van der Waals surface area contributed by atoms with Crippen LogP contribution in [0.1, 0.15) is 25.5 Å². The van der Waals surface area contributed by atoms with Crippen molar-refractivity contribution in [2.75, 3.05) is 25.1 Å². The van der Waals surface area contributed by atoms with Crippen molar-refractivity contribution in [2.45, 2.75) is 31.9 Å². The number of hydrogen-bond donors (Lipinski definition) is 1. The summed E-state index contributed by atoms with van der Waals surface area (Å²) < 4.78 is 5.57. The summed E-state index contributed by atoms with van der Waals surface area (Å²) in [7, 11) is 1.77. The van der Waals surface area contributed by atoms with Gasteiger partial charge in [0.2, 0.25) is 0 Å². The van der Waals surface area contributed by atoms with Gasteiger partial charge in [-0.15, -0.1) is 0 Å². The van der Waals surface area contributed by atoms with Gasteiger partial charge in [-0.3, -0.25) is 4.98 Å². The molecule has 17 heavy (non-hydrogen) atoms. The maximum atomic E-state index is 5.57. The van der Waals surface area contributed by atoms with Crippen molar-refractivity contribution in [3.63, 3.8) is 0 Å². The van der Waals surface area contributed by atoms with Crippen LogP contribution in [0.5, 0.6) is 0 Å². The molecule has 0 saturated carbocycles. The van der Waals surface area contributed by atoms with E-state index in [9.17, 15) is 0 Å². The molecule has 1 aliphatic heterocycles. The maximum Gasteiger partial charge on any atom is 0.147 e. The second-order valence-corrected chi connectivity index (χ2v) is 4.75. The van der Waals surface area contributed by atoms with Crippen molar-refractivity contribution in [1.82, 2.24) is 9.97 Å². The average molecular weight is 236 g/mol. The lowest BCUT2D eigenvalue weighted by Crippen LogP contribution is -2.47. The minimum absolute atomic E-state index is 0.0769. The summed E-state index contributed by atoms with van der Waals surface area (Å²) in [4.78, 5) is 10.9. The molecule has 2 N–H and O–H groups in total. The molecule has 2 heterocycles. The fourth-order valence-electron chi connectivity index (χ4n) is 2.18. The SMILES string of the molecule is COC1(C)CCCN(c2cnc(CN)cn2)C1. The molecule has 0 aliphatic carbocycles. The first kappa shape index (κ1) is 12.3. The van der Waals surface area contributed by atoms with Gasteiger partial charge in [0, 0.05) is 26.7 Å². The standard InChI is InChI=1S/C12H20N4O/c1-12(17-2)4-3-5-16(9-12)11-8-14-10(6-13)7-15-11/h7-8H,3-6,9,13H2,1-2H3. The molecule has 1 saturated heterocycles. The number of anilines is 1. The maximum absolute atomic E-state index is 5.57. The van der Waals surface area contributed by atoms with E-state index in [0.717, 1.165) is 37.4 Å². The highest BCUT2D eigenvalue weighted by Crippen LogP contribution is 2.26. The second kappa shape index (κ2) is 4.98. The van der Waals surface area contributed by atoms with Crippen molar-refractivity contribution in [1.29, 1.82) is 0 Å². The Labute approximate surface area is 102 Å². The Hall–Kier alpha value is -1.20. The molecule has 5 heteroatoms. The van der Waals surface area contributed by atoms with Crippen molar-refractivity contribution in [3.8, 4) is 0 Å². The summed E-state index contributed by atoms with van der Waals surface area (Å²) in [5.41, 5.74) is 6.25. The molecule has 0 spiro atoms. The molecule has 1 aromatic rings. The van der Waals surface area contributed by atoms with Crippen LogP contribution < -0.4 is 10.6 Å². The van der Waals surface area contributed by atoms with Crippen LogP contribution in [0.2, 0.25) is 0 Å². The number of piperidine rings is 1. The molecule has 1 unspecified atom stereocenters. The van der Waals surface area contributed by atoms with Crippen LogP contribution in [0, 0.1) is 0 Å². The van der Waals surface area contributed by atoms with E-state index in [2.05, 4.69) is 21.8 Å². The van der Waals surface area contributed by atoms with Crippen LogP contribution in [0.15, 0.2) is 12.4 Å². The topological polar surface area (TPSA) is 64.3 Å². The van der Waals surface area contributed by atoms with Crippen LogP contribution in [-0.2, 0) is 11.3 Å². The highest BCUT2D eigenvalue weighted by molar-refractivity contribution is 5.37. The Morgan fingerprint density at radius 2 is 2.29 bits per heavy atom. The van der Waals surface area contributed by atoms with Gasteiger partial charge in [0.1, 0.15) is 5.82 Å². The smallest absolute Gasteiger partial charge is 0.147 e. The van der Waals surface area contributed by atoms with Gasteiger partial charge in [-0.2, -0.15) is 0 Å². The Balaban J connectivity index is 2.10. The first-order valence-electron chi connectivity index (χ1n) is 5.98. The lowest BCUT2D eigenvalue weighted by Gasteiger charge is -2.39. The number of aromatic nitrogens is 2. The number of methoxy groups -OCH3 is 1. The predicted octanol–water partition coefficient (Wildman–Crippen LogP) is 0.941. The molecule has 1 aromatic heterocycles. The van der Waals surface area contributed by atoms with E-state index in [1.165, 1.54) is 0 Å². The van der Waals surface area contributed by atoms with E-state index in [0.29, 0.717) is 6.54 Å². The van der Waals surface area contributed by atoms with Gasteiger partial charge in [-0.25, -0.2) is 4.98 Å². The molecule has 5 nitrogen and oxygen atoms in total. The lowest BCUT2D eigenvalue weighted by atomic mass is 9.95. The largest absolute Gasteiger partial charge is 0.377 e. The first-order valence-corrected chi connectivity index (χ1v) is 5.98. The molecule has 1 atom stereocenters. The van der Waals surface area contributed by atoms with E-state index in [-0.39, 0.29) is 5.60 Å². The molecule has 0 amide bonds. The van der Waals surface area contributed by atoms with Crippen molar-refractivity contribution >= 4 is 5.82 Å². The molecule has 0 aromatic carbocycles. The summed E-state index contributed by atoms with van der Waals surface area (Å²) in [6.07, 6.45) is 5.75. The molecule has 0 radical (unpaired) electrons. The quantitative estimate of drug-likeness (QED) is 0.846. The fourth-order valence-corrected chi connectivity index (χ4v) is 2.18. The lowest BCUT2D eigenvalue weighted by molar-refractivity contribution is -0.00482. The monoisotopic (exact) mass is 236 g/mol. The van der Waals surface area contributed by atoms with Gasteiger partial charge in [-0.05, 0) is 19.8 Å². The van der Waals surface area contributed by atoms with E-state index in [4.69, 9.17) is 10.5 Å². The van der Waals surface area contributed by atoms with Gasteiger partial charge in [-0.1, -0.05) is 0 Å². The fraction of sp³-hybridized carbons (Fsp3) is 0.667. The van der Waals surface area contributed by atoms with E-state index < -0.39 is 0 Å². The summed E-state index contributed by atoms with van der Waals surface area (Å²) in [6.45, 7) is 4.44. The second-order valence-electron chi connectivity index (χ2n) is 4.75. The highest BCUT2D eigenvalue weighted by Gasteiger charge is 2.31. The van der Waals surface area contributed by atoms with Crippen LogP contribution in [0.4, 0.5) is 5.82 Å². The summed E-state index contributed by atoms with van der Waals surface area (Å²) in [5.74, 6) is 0.908. The average Bonchev–Trinajstić information content (AvgIpc) is 2.39. The molecule has 94 valence electrons. The van der Waals surface area contributed by atoms with Crippen LogP contribution in [0.3, 0.4) is 0 Å². The zero-order valence-corrected chi connectivity index (χ0v) is 10.5. The van der Waals surface area contributed by atoms with Crippen molar-refractivity contribution in [3.05, 3.63) is 18.1 Å². The van der Waals surface area contributed by atoms with Crippen LogP contribution in [0.25, 0.3) is 0 Å². The normalized spacial score (nSPS) is 25.0. The molecule has 1 aliphatic rings. The summed E-state index contributed by atoms with van der Waals surface area (Å²) >= 11 is 0. The first-order chi connectivity index (χ1) is 8.17. The van der Waals surface area contributed by atoms with E-state index in [1.54, 1.807) is 19.5 Å². The van der Waals surface area contributed by atoms with Gasteiger partial charge in [0.15, 0.2) is 0 Å². The Morgan fingerprint density at radius 3 is 2.88 bits per heavy atom. The molecule has 0 bridgehead atoms. The Bertz CT molecular complexity index is 367. The Kier molecular flexibility index (Phi) is 3.59. The minimum Gasteiger partial charge on any atom is -0.377 e. The third-order valence-electron chi connectivity index (χ3n) is 3.38. The van der Waals surface area contributed by atoms with Gasteiger partial charge >= 0.3 is 0 Å². The molecule has 1 fully saturated rings. The zero-order valence-electron chi connectivity index (χ0n) is 10.5. The van der Waals surface area contributed by atoms with Crippen LogP contribution >= 0.6 is 0 Å². The Morgan fingerprint density at radius 1 is 1.47 bits per heavy atom. The van der Waals surface area contributed by atoms with E-state index >= 15 is 0 Å². The van der Waals surface area contributed by atoms with Gasteiger partial charge in [0.25, 0.3) is 0 Å². The van der Waals surface area contributed by atoms with Gasteiger partial charge in [0.05, 0.1) is 23.7 Å². The van der Waals surface area contributed by atoms with Gasteiger partial charge < -0.3 is 15.4 Å². The molecular weight excluding hydrogens is 216 g/mol. The summed E-state index contributed by atoms with van der Waals surface area (Å²) in [6, 6.07) is 0. The number of hydrogen-bond acceptors (Lipinski definition) is 5. The third kappa shape index (κ3) is 2.73. The number of ether oxygens (including phenoxy) is 1. The zero-order chi connectivity index (χ0) is 12.3. The third-order valence-corrected chi connectivity index (χ3v) is 3.38. The number of nitrogens with two attached hydrogens (primary N) is 1. The number of nitrogens with zero attached hydrogens (tertiary/aromatic N) is 3. The van der Waals surface area contributed by atoms with Crippen molar-refractivity contribution in [2.24, 2.45) is 5.73 Å². The van der Waals surface area contributed by atoms with E-state index in [1.807, 2.05) is 0 Å². The minimum atomic E-state index is -0.0769. The molecule has 2 rings (SSSR count).